The predicted molar refractivity (Wildman–Crippen MR) is 106 cm³/mol. The van der Waals surface area contributed by atoms with Gasteiger partial charge in [-0.15, -0.1) is 11.8 Å². The van der Waals surface area contributed by atoms with E-state index in [0.29, 0.717) is 28.6 Å². The number of halogens is 1. The van der Waals surface area contributed by atoms with Gasteiger partial charge in [0.15, 0.2) is 0 Å². The number of sulfonamides is 1. The first kappa shape index (κ1) is 20.5. The van der Waals surface area contributed by atoms with E-state index < -0.39 is 10.0 Å². The number of anilines is 1. The molecule has 140 valence electrons. The fourth-order valence-electron chi connectivity index (χ4n) is 2.24. The second-order valence-electron chi connectivity index (χ2n) is 5.57. The summed E-state index contributed by atoms with van der Waals surface area (Å²) in [4.78, 5) is 16.4. The van der Waals surface area contributed by atoms with Gasteiger partial charge in [0.05, 0.1) is 17.0 Å². The zero-order valence-electron chi connectivity index (χ0n) is 14.5. The number of carbonyl (C=O) groups excluding carboxylic acids is 1. The van der Waals surface area contributed by atoms with Crippen LogP contribution in [0.25, 0.3) is 0 Å². The Hall–Kier alpha value is -1.77. The van der Waals surface area contributed by atoms with Crippen molar-refractivity contribution in [2.75, 3.05) is 29.4 Å². The van der Waals surface area contributed by atoms with Crippen molar-refractivity contribution in [1.29, 1.82) is 0 Å². The minimum Gasteiger partial charge on any atom is -0.354 e. The van der Waals surface area contributed by atoms with E-state index in [0.717, 1.165) is 15.6 Å². The molecule has 1 amide bonds. The number of amides is 1. The van der Waals surface area contributed by atoms with Crippen LogP contribution >= 0.6 is 23.4 Å². The Morgan fingerprint density at radius 2 is 2.08 bits per heavy atom. The summed E-state index contributed by atoms with van der Waals surface area (Å²) in [6.07, 6.45) is 2.78. The second-order valence-corrected chi connectivity index (χ2v) is 9.03. The van der Waals surface area contributed by atoms with E-state index in [2.05, 4.69) is 10.3 Å². The van der Waals surface area contributed by atoms with E-state index in [1.807, 2.05) is 18.2 Å². The first-order valence-corrected chi connectivity index (χ1v) is 11.0. The summed E-state index contributed by atoms with van der Waals surface area (Å²) in [6, 6.07) is 10.5. The lowest BCUT2D eigenvalue weighted by molar-refractivity contribution is -0.119. The average molecular weight is 414 g/mol. The van der Waals surface area contributed by atoms with E-state index in [1.54, 1.807) is 31.3 Å². The van der Waals surface area contributed by atoms with Gasteiger partial charge in [0, 0.05) is 23.5 Å². The number of hydrogen-bond donors (Lipinski definition) is 1. The Labute approximate surface area is 163 Å². The smallest absolute Gasteiger partial charge is 0.240 e. The molecule has 1 heterocycles. The maximum atomic E-state index is 12.2. The normalized spacial score (nSPS) is 11.2. The Morgan fingerprint density at radius 1 is 1.31 bits per heavy atom. The summed E-state index contributed by atoms with van der Waals surface area (Å²) < 4.78 is 25.3. The molecule has 26 heavy (non-hydrogen) atoms. The number of nitrogens with zero attached hydrogens (tertiary/aromatic N) is 2. The molecule has 0 spiro atoms. The Kier molecular flexibility index (Phi) is 7.31. The second kappa shape index (κ2) is 9.25. The number of aromatic nitrogens is 1. The molecule has 0 saturated carbocycles. The average Bonchev–Trinajstić information content (AvgIpc) is 2.57. The van der Waals surface area contributed by atoms with Gasteiger partial charge in [-0.05, 0) is 42.8 Å². The minimum atomic E-state index is -3.61. The number of rotatable bonds is 8. The summed E-state index contributed by atoms with van der Waals surface area (Å²) >= 11 is 7.44. The summed E-state index contributed by atoms with van der Waals surface area (Å²) in [7, 11) is -3.61. The van der Waals surface area contributed by atoms with Gasteiger partial charge in [-0.25, -0.2) is 13.4 Å². The van der Waals surface area contributed by atoms with Crippen molar-refractivity contribution in [1.82, 2.24) is 10.3 Å². The highest BCUT2D eigenvalue weighted by atomic mass is 35.5. The van der Waals surface area contributed by atoms with Crippen molar-refractivity contribution in [3.05, 3.63) is 53.2 Å². The number of thioether (sulfide) groups is 1. The molecule has 0 aliphatic carbocycles. The van der Waals surface area contributed by atoms with Gasteiger partial charge in [-0.2, -0.15) is 0 Å². The molecule has 0 aliphatic heterocycles. The molecule has 0 saturated heterocycles. The monoisotopic (exact) mass is 413 g/mol. The Morgan fingerprint density at radius 3 is 2.69 bits per heavy atom. The third-order valence-electron chi connectivity index (χ3n) is 3.43. The number of hydrogen-bond acceptors (Lipinski definition) is 5. The fourth-order valence-corrected chi connectivity index (χ4v) is 4.11. The predicted octanol–water partition coefficient (Wildman–Crippen LogP) is 2.72. The highest BCUT2D eigenvalue weighted by molar-refractivity contribution is 7.99. The molecule has 0 atom stereocenters. The minimum absolute atomic E-state index is 0.282. The molecule has 1 aromatic carbocycles. The van der Waals surface area contributed by atoms with E-state index in [1.165, 1.54) is 11.8 Å². The van der Waals surface area contributed by atoms with Gasteiger partial charge in [-0.3, -0.25) is 9.10 Å². The highest BCUT2D eigenvalue weighted by Crippen LogP contribution is 2.25. The quantitative estimate of drug-likeness (QED) is 0.531. The summed E-state index contributed by atoms with van der Waals surface area (Å²) in [5.74, 6) is 0.271. The molecule has 0 radical (unpaired) electrons. The van der Waals surface area contributed by atoms with Gasteiger partial charge >= 0.3 is 0 Å². The molecule has 6 nitrogen and oxygen atoms in total. The van der Waals surface area contributed by atoms with Crippen LogP contribution < -0.4 is 9.62 Å². The van der Waals surface area contributed by atoms with Crippen LogP contribution in [-0.2, 0) is 14.8 Å². The highest BCUT2D eigenvalue weighted by Gasteiger charge is 2.22. The molecule has 0 fully saturated rings. The largest absolute Gasteiger partial charge is 0.354 e. The zero-order chi connectivity index (χ0) is 19.2. The summed E-state index contributed by atoms with van der Waals surface area (Å²) in [6.45, 7) is 1.88. The van der Waals surface area contributed by atoms with Gasteiger partial charge in [0.1, 0.15) is 6.54 Å². The maximum Gasteiger partial charge on any atom is 0.240 e. The molecule has 1 aromatic heterocycles. The fraction of sp³-hybridized carbons (Fsp3) is 0.294. The first-order valence-electron chi connectivity index (χ1n) is 7.82. The topological polar surface area (TPSA) is 79.4 Å². The maximum absolute atomic E-state index is 12.2. The molecular formula is C17H20ClN3O3S2. The number of nitrogens with one attached hydrogen (secondary N) is 1. The zero-order valence-corrected chi connectivity index (χ0v) is 16.9. The molecule has 0 bridgehead atoms. The van der Waals surface area contributed by atoms with E-state index in [4.69, 9.17) is 11.6 Å². The van der Waals surface area contributed by atoms with Crippen molar-refractivity contribution in [3.8, 4) is 0 Å². The van der Waals surface area contributed by atoms with E-state index in [9.17, 15) is 13.2 Å². The van der Waals surface area contributed by atoms with Gasteiger partial charge in [0.25, 0.3) is 0 Å². The van der Waals surface area contributed by atoms with Crippen LogP contribution in [0.15, 0.2) is 47.6 Å². The molecule has 1 N–H and O–H groups in total. The lowest BCUT2D eigenvalue weighted by Gasteiger charge is -2.23. The Balaban J connectivity index is 1.94. The molecule has 2 aromatic rings. The molecule has 0 unspecified atom stereocenters. The molecular weight excluding hydrogens is 394 g/mol. The third-order valence-corrected chi connectivity index (χ3v) is 5.73. The summed E-state index contributed by atoms with van der Waals surface area (Å²) in [5.41, 5.74) is 1.12. The van der Waals surface area contributed by atoms with Gasteiger partial charge < -0.3 is 5.32 Å². The van der Waals surface area contributed by atoms with Crippen LogP contribution in [0.3, 0.4) is 0 Å². The third kappa shape index (κ3) is 6.19. The van der Waals surface area contributed by atoms with Crippen LogP contribution in [-0.4, -0.2) is 44.4 Å². The van der Waals surface area contributed by atoms with Gasteiger partial charge in [-0.1, -0.05) is 17.7 Å². The van der Waals surface area contributed by atoms with Crippen molar-refractivity contribution < 1.29 is 13.2 Å². The van der Waals surface area contributed by atoms with Crippen LogP contribution in [0, 0.1) is 6.92 Å². The van der Waals surface area contributed by atoms with E-state index in [-0.39, 0.29) is 12.5 Å². The lowest BCUT2D eigenvalue weighted by Crippen LogP contribution is -2.41. The number of aryl methyl sites for hydroxylation is 1. The van der Waals surface area contributed by atoms with Crippen LogP contribution in [0.2, 0.25) is 5.02 Å². The van der Waals surface area contributed by atoms with Crippen molar-refractivity contribution in [2.45, 2.75) is 11.9 Å². The molecule has 9 heteroatoms. The van der Waals surface area contributed by atoms with Crippen molar-refractivity contribution in [2.24, 2.45) is 0 Å². The molecule has 2 rings (SSSR count). The standard InChI is InChI=1S/C17H20ClN3O3S2/c1-13-11-14(18)6-7-15(13)21(26(2,23)24)12-16(22)19-9-10-25-17-5-3-4-8-20-17/h3-8,11H,9-10,12H2,1-2H3,(H,19,22). The van der Waals surface area contributed by atoms with E-state index >= 15 is 0 Å². The molecule has 0 aliphatic rings. The number of carbonyl (C=O) groups is 1. The number of benzene rings is 1. The lowest BCUT2D eigenvalue weighted by atomic mass is 10.2. The van der Waals surface area contributed by atoms with Crippen LogP contribution in [0.5, 0.6) is 0 Å². The number of pyridine rings is 1. The first-order chi connectivity index (χ1) is 12.3. The van der Waals surface area contributed by atoms with Crippen molar-refractivity contribution >= 4 is 45.0 Å². The van der Waals surface area contributed by atoms with Crippen molar-refractivity contribution in [3.63, 3.8) is 0 Å². The van der Waals surface area contributed by atoms with Gasteiger partial charge in [0.2, 0.25) is 15.9 Å². The Bertz CT molecular complexity index is 861. The van der Waals surface area contributed by atoms with Crippen LogP contribution in [0.1, 0.15) is 5.56 Å². The van der Waals surface area contributed by atoms with Crippen LogP contribution in [0.4, 0.5) is 5.69 Å². The summed E-state index contributed by atoms with van der Waals surface area (Å²) in [5, 5.41) is 4.12. The SMILES string of the molecule is Cc1cc(Cl)ccc1N(CC(=O)NCCSc1ccccn1)S(C)(=O)=O.